The van der Waals surface area contributed by atoms with Gasteiger partial charge in [-0.05, 0) is 18.4 Å². The predicted molar refractivity (Wildman–Crippen MR) is 62.6 cm³/mol. The van der Waals surface area contributed by atoms with Gasteiger partial charge in [0, 0.05) is 6.42 Å². The summed E-state index contributed by atoms with van der Waals surface area (Å²) in [6.07, 6.45) is -0.932. The smallest absolute Gasteiger partial charge is 0.307 e. The summed E-state index contributed by atoms with van der Waals surface area (Å²) in [7, 11) is 0. The number of primary amides is 1. The average Bonchev–Trinajstić information content (AvgIpc) is 2.79. The number of carbonyl (C=O) groups excluding carboxylic acids is 3. The van der Waals surface area contributed by atoms with Crippen LogP contribution in [0, 0.1) is 0 Å². The van der Waals surface area contributed by atoms with Crippen molar-refractivity contribution in [1.29, 1.82) is 0 Å². The molecule has 0 unspecified atom stereocenters. The third-order valence-corrected chi connectivity index (χ3v) is 2.97. The Labute approximate surface area is 103 Å². The van der Waals surface area contributed by atoms with Gasteiger partial charge in [0.1, 0.15) is 0 Å². The molecule has 0 fully saturated rings. The summed E-state index contributed by atoms with van der Waals surface area (Å²) in [5.41, 5.74) is 4.94. The molecule has 1 heterocycles. The molecule has 2 N–H and O–H groups in total. The molecule has 0 saturated carbocycles. The lowest BCUT2D eigenvalue weighted by molar-refractivity contribution is -0.153. The second-order valence-electron chi connectivity index (χ2n) is 3.43. The molecular formula is C11H13NO4S. The molecule has 6 heteroatoms. The van der Waals surface area contributed by atoms with E-state index in [1.54, 1.807) is 17.5 Å². The van der Waals surface area contributed by atoms with Gasteiger partial charge in [-0.3, -0.25) is 14.4 Å². The number of hydrogen-bond acceptors (Lipinski definition) is 5. The molecule has 17 heavy (non-hydrogen) atoms. The number of carbonyl (C=O) groups is 3. The van der Waals surface area contributed by atoms with Gasteiger partial charge in [0.25, 0.3) is 5.91 Å². The van der Waals surface area contributed by atoms with Crippen molar-refractivity contribution in [2.45, 2.75) is 25.9 Å². The molecule has 1 rings (SSSR count). The molecule has 1 aromatic heterocycles. The van der Waals surface area contributed by atoms with Gasteiger partial charge < -0.3 is 10.5 Å². The van der Waals surface area contributed by atoms with Crippen molar-refractivity contribution in [3.05, 3.63) is 22.4 Å². The number of nitrogens with two attached hydrogens (primary N) is 1. The molecule has 92 valence electrons. The summed E-state index contributed by atoms with van der Waals surface area (Å²) in [6, 6.07) is 3.47. The van der Waals surface area contributed by atoms with Gasteiger partial charge in [0.05, 0.1) is 11.3 Å². The molecule has 0 spiro atoms. The van der Waals surface area contributed by atoms with E-state index in [0.29, 0.717) is 4.88 Å². The fourth-order valence-corrected chi connectivity index (χ4v) is 1.78. The molecule has 5 nitrogen and oxygen atoms in total. The van der Waals surface area contributed by atoms with E-state index in [1.165, 1.54) is 18.3 Å². The van der Waals surface area contributed by atoms with Crippen molar-refractivity contribution < 1.29 is 19.1 Å². The van der Waals surface area contributed by atoms with Gasteiger partial charge in [0.15, 0.2) is 11.9 Å². The summed E-state index contributed by atoms with van der Waals surface area (Å²) in [5.74, 6) is -1.41. The molecule has 0 aliphatic rings. The molecule has 1 atom stereocenters. The van der Waals surface area contributed by atoms with E-state index in [0.717, 1.165) is 0 Å². The summed E-state index contributed by atoms with van der Waals surface area (Å²) in [5, 5.41) is 1.79. The molecule has 0 aliphatic heterocycles. The number of amides is 1. The first-order valence-electron chi connectivity index (χ1n) is 5.06. The van der Waals surface area contributed by atoms with Gasteiger partial charge in [-0.25, -0.2) is 0 Å². The highest BCUT2D eigenvalue weighted by atomic mass is 32.1. The van der Waals surface area contributed by atoms with Crippen LogP contribution < -0.4 is 5.73 Å². The molecule has 1 aromatic rings. The predicted octanol–water partition coefficient (Wildman–Crippen LogP) is 1.13. The lowest BCUT2D eigenvalue weighted by atomic mass is 10.2. The highest BCUT2D eigenvalue weighted by Crippen LogP contribution is 2.12. The van der Waals surface area contributed by atoms with Crippen LogP contribution in [0.2, 0.25) is 0 Å². The van der Waals surface area contributed by atoms with Crippen LogP contribution in [0.3, 0.4) is 0 Å². The Kier molecular flexibility index (Phi) is 4.84. The van der Waals surface area contributed by atoms with Crippen LogP contribution in [0.4, 0.5) is 0 Å². The summed E-state index contributed by atoms with van der Waals surface area (Å²) in [6.45, 7) is 1.39. The van der Waals surface area contributed by atoms with Crippen LogP contribution >= 0.6 is 11.3 Å². The second kappa shape index (κ2) is 6.15. The fraction of sp³-hybridized carbons (Fsp3) is 0.364. The Bertz CT molecular complexity index is 413. The van der Waals surface area contributed by atoms with Crippen LogP contribution in [0.5, 0.6) is 0 Å². The fourth-order valence-electron chi connectivity index (χ4n) is 1.09. The monoisotopic (exact) mass is 255 g/mol. The number of ketones is 1. The number of esters is 1. The first-order valence-corrected chi connectivity index (χ1v) is 5.94. The Hall–Kier alpha value is -1.69. The lowest BCUT2D eigenvalue weighted by Crippen LogP contribution is -2.30. The normalized spacial score (nSPS) is 11.8. The van der Waals surface area contributed by atoms with Crippen molar-refractivity contribution in [3.63, 3.8) is 0 Å². The van der Waals surface area contributed by atoms with E-state index in [-0.39, 0.29) is 18.6 Å². The Morgan fingerprint density at radius 2 is 2.12 bits per heavy atom. The van der Waals surface area contributed by atoms with Gasteiger partial charge in [-0.2, -0.15) is 0 Å². The van der Waals surface area contributed by atoms with E-state index in [1.807, 2.05) is 0 Å². The number of rotatable bonds is 6. The van der Waals surface area contributed by atoms with Crippen molar-refractivity contribution in [1.82, 2.24) is 0 Å². The highest BCUT2D eigenvalue weighted by Gasteiger charge is 2.16. The van der Waals surface area contributed by atoms with Crippen LogP contribution in [0.15, 0.2) is 17.5 Å². The van der Waals surface area contributed by atoms with Crippen molar-refractivity contribution in [2.75, 3.05) is 0 Å². The van der Waals surface area contributed by atoms with Crippen molar-refractivity contribution in [3.8, 4) is 0 Å². The van der Waals surface area contributed by atoms with Crippen LogP contribution in [-0.4, -0.2) is 23.8 Å². The van der Waals surface area contributed by atoms with Gasteiger partial charge in [-0.15, -0.1) is 11.3 Å². The van der Waals surface area contributed by atoms with E-state index in [2.05, 4.69) is 0 Å². The maximum Gasteiger partial charge on any atom is 0.307 e. The van der Waals surface area contributed by atoms with Crippen LogP contribution in [-0.2, 0) is 14.3 Å². The summed E-state index contributed by atoms with van der Waals surface area (Å²) in [4.78, 5) is 34.0. The number of ether oxygens (including phenoxy) is 1. The minimum atomic E-state index is -0.959. The minimum absolute atomic E-state index is 0.0473. The first kappa shape index (κ1) is 13.4. The molecule has 0 aliphatic carbocycles. The molecule has 1 amide bonds. The summed E-state index contributed by atoms with van der Waals surface area (Å²) >= 11 is 1.33. The zero-order valence-corrected chi connectivity index (χ0v) is 10.2. The van der Waals surface area contributed by atoms with Crippen LogP contribution in [0.25, 0.3) is 0 Å². The van der Waals surface area contributed by atoms with E-state index < -0.39 is 18.0 Å². The van der Waals surface area contributed by atoms with Crippen molar-refractivity contribution in [2.24, 2.45) is 5.73 Å². The highest BCUT2D eigenvalue weighted by molar-refractivity contribution is 7.12. The van der Waals surface area contributed by atoms with E-state index in [4.69, 9.17) is 10.5 Å². The molecular weight excluding hydrogens is 242 g/mol. The zero-order chi connectivity index (χ0) is 12.8. The maximum absolute atomic E-state index is 11.5. The average molecular weight is 255 g/mol. The summed E-state index contributed by atoms with van der Waals surface area (Å²) < 4.78 is 4.72. The third kappa shape index (κ3) is 4.36. The lowest BCUT2D eigenvalue weighted by Gasteiger charge is -2.08. The number of thiophene rings is 1. The topological polar surface area (TPSA) is 86.5 Å². The van der Waals surface area contributed by atoms with Gasteiger partial charge in [0.2, 0.25) is 0 Å². The van der Waals surface area contributed by atoms with Crippen molar-refractivity contribution >= 4 is 29.0 Å². The Morgan fingerprint density at radius 1 is 1.41 bits per heavy atom. The largest absolute Gasteiger partial charge is 0.453 e. The minimum Gasteiger partial charge on any atom is -0.453 e. The SMILES string of the molecule is C[C@@H](OC(=O)CCC(=O)c1cccs1)C(N)=O. The zero-order valence-electron chi connectivity index (χ0n) is 9.34. The second-order valence-corrected chi connectivity index (χ2v) is 4.38. The standard InChI is InChI=1S/C11H13NO4S/c1-7(11(12)15)16-10(14)5-4-8(13)9-3-2-6-17-9/h2-3,6-7H,4-5H2,1H3,(H2,12,15)/t7-/m1/s1. The molecule has 0 aromatic carbocycles. The Morgan fingerprint density at radius 3 is 2.65 bits per heavy atom. The quantitative estimate of drug-likeness (QED) is 0.609. The van der Waals surface area contributed by atoms with E-state index in [9.17, 15) is 14.4 Å². The first-order chi connectivity index (χ1) is 8.00. The number of Topliss-reactive ketones (excluding diaryl/α,β-unsaturated/α-hetero) is 1. The van der Waals surface area contributed by atoms with E-state index >= 15 is 0 Å². The molecule has 0 bridgehead atoms. The maximum atomic E-state index is 11.5. The van der Waals surface area contributed by atoms with Gasteiger partial charge >= 0.3 is 5.97 Å². The third-order valence-electron chi connectivity index (χ3n) is 2.06. The number of hydrogen-bond donors (Lipinski definition) is 1. The molecule has 0 saturated heterocycles. The van der Waals surface area contributed by atoms with Gasteiger partial charge in [-0.1, -0.05) is 6.07 Å². The molecule has 0 radical (unpaired) electrons. The van der Waals surface area contributed by atoms with Crippen LogP contribution in [0.1, 0.15) is 29.4 Å². The Balaban J connectivity index is 2.34.